The fourth-order valence-electron chi connectivity index (χ4n) is 8.66. The van der Waals surface area contributed by atoms with Gasteiger partial charge in [0, 0.05) is 34.8 Å². The number of amides is 4. The molecule has 3 aliphatic rings. The normalized spacial score (nSPS) is 20.2. The smallest absolute Gasteiger partial charge is 0.407 e. The van der Waals surface area contributed by atoms with Crippen molar-refractivity contribution >= 4 is 47.3 Å². The predicted molar refractivity (Wildman–Crippen MR) is 228 cm³/mol. The number of imidazole rings is 1. The molecule has 4 aromatic rings. The molecule has 19 heteroatoms. The van der Waals surface area contributed by atoms with Crippen LogP contribution in [0.15, 0.2) is 53.8 Å². The minimum absolute atomic E-state index is 0.179. The van der Waals surface area contributed by atoms with Crippen molar-refractivity contribution in [3.05, 3.63) is 66.0 Å². The maximum absolute atomic E-state index is 16.8. The van der Waals surface area contributed by atoms with Crippen LogP contribution >= 0.6 is 0 Å². The van der Waals surface area contributed by atoms with Crippen LogP contribution in [0.1, 0.15) is 77.5 Å². The number of nitrogens with zero attached hydrogens (tertiary/aromatic N) is 5. The number of ether oxygens (including phenoxy) is 3. The number of hydrogen-bond acceptors (Lipinski definition) is 10. The number of carbonyl (C=O) groups is 4. The first kappa shape index (κ1) is 44.5. The lowest BCUT2D eigenvalue weighted by Crippen LogP contribution is -2.55. The van der Waals surface area contributed by atoms with E-state index in [1.165, 1.54) is 13.3 Å². The summed E-state index contributed by atoms with van der Waals surface area (Å²) in [6.45, 7) is 12.0. The Bertz CT molecular complexity index is 2470. The van der Waals surface area contributed by atoms with Gasteiger partial charge in [-0.3, -0.25) is 14.6 Å². The van der Waals surface area contributed by atoms with Crippen LogP contribution in [-0.2, 0) is 19.1 Å². The summed E-state index contributed by atoms with van der Waals surface area (Å²) in [7, 11) is 2.39. The van der Waals surface area contributed by atoms with E-state index in [-0.39, 0.29) is 29.0 Å². The number of aromatic nitrogens is 3. The van der Waals surface area contributed by atoms with Crippen LogP contribution in [0.25, 0.3) is 39.1 Å². The second-order valence-corrected chi connectivity index (χ2v) is 16.7. The van der Waals surface area contributed by atoms with E-state index in [9.17, 15) is 19.2 Å². The number of aliphatic imine (C=N–C) groups is 1. The average Bonchev–Trinajstić information content (AvgIpc) is 4.05. The highest BCUT2D eigenvalue weighted by Gasteiger charge is 2.49. The van der Waals surface area contributed by atoms with E-state index in [1.54, 1.807) is 66.8 Å². The molecule has 16 nitrogen and oxygen atoms in total. The second kappa shape index (κ2) is 17.7. The number of methoxy groups -OCH3 is 2. The first-order valence-electron chi connectivity index (χ1n) is 20.8. The molecular formula is C44H52F3N9O7. The van der Waals surface area contributed by atoms with E-state index in [4.69, 9.17) is 9.47 Å². The van der Waals surface area contributed by atoms with Gasteiger partial charge >= 0.3 is 12.2 Å². The summed E-state index contributed by atoms with van der Waals surface area (Å²) < 4.78 is 64.4. The molecule has 0 bridgehead atoms. The van der Waals surface area contributed by atoms with Crippen molar-refractivity contribution in [2.75, 3.05) is 27.3 Å². The molecule has 3 aliphatic heterocycles. The molecule has 336 valence electrons. The molecule has 2 fully saturated rings. The van der Waals surface area contributed by atoms with E-state index in [1.807, 2.05) is 19.9 Å². The van der Waals surface area contributed by atoms with Crippen molar-refractivity contribution in [2.45, 2.75) is 90.3 Å². The third-order valence-electron chi connectivity index (χ3n) is 11.8. The van der Waals surface area contributed by atoms with Gasteiger partial charge in [-0.1, -0.05) is 39.8 Å². The number of nitrogens with one attached hydrogen (secondary N) is 4. The lowest BCUT2D eigenvalue weighted by atomic mass is 10.0. The highest BCUT2D eigenvalue weighted by Crippen LogP contribution is 2.46. The van der Waals surface area contributed by atoms with Crippen LogP contribution in [0.3, 0.4) is 0 Å². The zero-order valence-electron chi connectivity index (χ0n) is 36.1. The molecule has 4 N–H and O–H groups in total. The Morgan fingerprint density at radius 3 is 2.30 bits per heavy atom. The third-order valence-corrected chi connectivity index (χ3v) is 11.8. The van der Waals surface area contributed by atoms with Gasteiger partial charge in [0.1, 0.15) is 29.8 Å². The summed E-state index contributed by atoms with van der Waals surface area (Å²) in [4.78, 5) is 66.0. The van der Waals surface area contributed by atoms with Crippen LogP contribution < -0.4 is 20.7 Å². The molecule has 2 unspecified atom stereocenters. The summed E-state index contributed by atoms with van der Waals surface area (Å²) >= 11 is 0. The van der Waals surface area contributed by atoms with Crippen molar-refractivity contribution in [3.8, 4) is 28.3 Å². The fraction of sp³-hybridized carbons (Fsp3) is 0.455. The fourth-order valence-corrected chi connectivity index (χ4v) is 8.66. The molecule has 0 aliphatic carbocycles. The number of alkyl halides is 2. The van der Waals surface area contributed by atoms with Crippen molar-refractivity contribution in [1.29, 1.82) is 0 Å². The number of benzene rings is 2. The van der Waals surface area contributed by atoms with E-state index >= 15 is 13.2 Å². The first-order chi connectivity index (χ1) is 30.0. The number of aromatic amines is 1. The summed E-state index contributed by atoms with van der Waals surface area (Å²) in [5.74, 6) is -4.31. The number of halogens is 3. The lowest BCUT2D eigenvalue weighted by molar-refractivity contribution is -0.137. The number of rotatable bonds is 12. The molecule has 2 saturated heterocycles. The Morgan fingerprint density at radius 1 is 1.00 bits per heavy atom. The molecule has 2 aromatic heterocycles. The van der Waals surface area contributed by atoms with Crippen LogP contribution in [-0.4, -0.2) is 107 Å². The predicted octanol–water partition coefficient (Wildman–Crippen LogP) is 6.96. The number of fused-ring (bicyclic) bond motifs is 5. The van der Waals surface area contributed by atoms with Gasteiger partial charge in [0.15, 0.2) is 12.0 Å². The summed E-state index contributed by atoms with van der Waals surface area (Å²) in [5.41, 5.74) is 3.31. The number of likely N-dealkylation sites (tertiary alicyclic amines) is 2. The molecule has 4 amide bonds. The Labute approximate surface area is 362 Å². The van der Waals surface area contributed by atoms with Gasteiger partial charge in [-0.25, -0.2) is 27.7 Å². The van der Waals surface area contributed by atoms with Crippen molar-refractivity contribution in [1.82, 2.24) is 40.3 Å². The Hall–Kier alpha value is -6.53. The standard InChI is InChI=1S/C44H52F3N9O7/c1-22(2)36(52-42(59)61-7)40(57)54-15-9-10-32(54)39-49-20-30(51-39)26-11-13-27-33(17-26)63-24(5)56-31-14-12-25(16-28(31)35(45)38(27)56)29(19-48-6)50-34-18-44(46,47)21-55(34)41(58)37(23(3)4)53-43(60)62-8/h11-14,16-17,19-20,22-24,32,34,36-37,50H,6,9-10,15,18,21H2,1-5,7-8H3,(H,49,51)(H,52,59)(H,53,60)/b29-19-/t24?,32-,34?,36-,37-/m0/s1. The molecule has 5 heterocycles. The second-order valence-electron chi connectivity index (χ2n) is 16.7. The quantitative estimate of drug-likeness (QED) is 0.109. The molecule has 63 heavy (non-hydrogen) atoms. The van der Waals surface area contributed by atoms with Crippen molar-refractivity contribution < 1.29 is 46.6 Å². The Balaban J connectivity index is 1.15. The van der Waals surface area contributed by atoms with Crippen LogP contribution in [0, 0.1) is 17.7 Å². The summed E-state index contributed by atoms with van der Waals surface area (Å²) in [6.07, 6.45) is 0.303. The van der Waals surface area contributed by atoms with Gasteiger partial charge in [-0.05, 0) is 62.6 Å². The summed E-state index contributed by atoms with van der Waals surface area (Å²) in [6, 6.07) is 8.11. The Kier molecular flexibility index (Phi) is 12.5. The molecule has 0 saturated carbocycles. The van der Waals surface area contributed by atoms with Gasteiger partial charge in [-0.2, -0.15) is 0 Å². The van der Waals surface area contributed by atoms with Crippen LogP contribution in [0.5, 0.6) is 5.75 Å². The zero-order chi connectivity index (χ0) is 45.5. The van der Waals surface area contributed by atoms with Gasteiger partial charge in [-0.15, -0.1) is 0 Å². The van der Waals surface area contributed by atoms with Crippen molar-refractivity contribution in [3.63, 3.8) is 0 Å². The monoisotopic (exact) mass is 875 g/mol. The van der Waals surface area contributed by atoms with E-state index < -0.39 is 73.2 Å². The minimum atomic E-state index is -3.24. The van der Waals surface area contributed by atoms with Gasteiger partial charge < -0.3 is 49.5 Å². The number of carbonyl (C=O) groups excluding carboxylic acids is 4. The Morgan fingerprint density at radius 2 is 1.67 bits per heavy atom. The maximum Gasteiger partial charge on any atom is 0.407 e. The highest BCUT2D eigenvalue weighted by atomic mass is 19.3. The molecule has 2 aromatic carbocycles. The van der Waals surface area contributed by atoms with Crippen molar-refractivity contribution in [2.24, 2.45) is 16.8 Å². The molecule has 0 spiro atoms. The maximum atomic E-state index is 16.8. The molecule has 5 atom stereocenters. The van der Waals surface area contributed by atoms with E-state index in [2.05, 4.69) is 42.4 Å². The van der Waals surface area contributed by atoms with Gasteiger partial charge in [0.05, 0.1) is 62.0 Å². The lowest BCUT2D eigenvalue weighted by Gasteiger charge is -2.31. The number of H-pyrrole nitrogens is 1. The van der Waals surface area contributed by atoms with Crippen LogP contribution in [0.4, 0.5) is 22.8 Å². The SMILES string of the molecule is C=N/C=C(\NC1CC(F)(F)CN1C(=O)[C@@H](NC(=O)OC)C(C)C)c1ccc2c(c1)c(F)c1n2C(C)Oc2cc(-c3cnc([C@@H]4CCCN4C(=O)[C@@H](NC(=O)OC)C(C)C)[nH]3)ccc2-1. The zero-order valence-corrected chi connectivity index (χ0v) is 36.1. The first-order valence-corrected chi connectivity index (χ1v) is 20.8. The van der Waals surface area contributed by atoms with Gasteiger partial charge in [0.2, 0.25) is 11.8 Å². The largest absolute Gasteiger partial charge is 0.470 e. The van der Waals surface area contributed by atoms with Crippen LogP contribution in [0.2, 0.25) is 0 Å². The molecule has 7 rings (SSSR count). The molecular weight excluding hydrogens is 824 g/mol. The topological polar surface area (TPSA) is 185 Å². The summed E-state index contributed by atoms with van der Waals surface area (Å²) in [5, 5.41) is 8.36. The van der Waals surface area contributed by atoms with E-state index in [0.717, 1.165) is 24.0 Å². The number of alkyl carbamates (subject to hydrolysis) is 2. The third kappa shape index (κ3) is 8.64. The number of hydrogen-bond donors (Lipinski definition) is 4. The average molecular weight is 876 g/mol. The molecule has 0 radical (unpaired) electrons. The van der Waals surface area contributed by atoms with E-state index in [0.29, 0.717) is 52.6 Å². The van der Waals surface area contributed by atoms with Gasteiger partial charge in [0.25, 0.3) is 5.92 Å². The minimum Gasteiger partial charge on any atom is -0.470 e. The highest BCUT2D eigenvalue weighted by molar-refractivity contribution is 5.93.